The van der Waals surface area contributed by atoms with Gasteiger partial charge in [-0.05, 0) is 36.4 Å². The highest BCUT2D eigenvalue weighted by molar-refractivity contribution is 9.10. The molecule has 0 radical (unpaired) electrons. The maximum Gasteiger partial charge on any atom is 0.417 e. The largest absolute Gasteiger partial charge is 0.417 e. The third-order valence-electron chi connectivity index (χ3n) is 2.77. The Balaban J connectivity index is 2.31. The molecule has 0 spiro atoms. The van der Waals surface area contributed by atoms with Crippen molar-refractivity contribution in [2.75, 3.05) is 6.54 Å². The fourth-order valence-corrected chi connectivity index (χ4v) is 3.22. The van der Waals surface area contributed by atoms with Crippen LogP contribution in [0.3, 0.4) is 0 Å². The first-order valence-electron chi connectivity index (χ1n) is 6.08. The topological polar surface area (TPSA) is 12.0 Å². The van der Waals surface area contributed by atoms with Crippen LogP contribution in [-0.4, -0.2) is 6.54 Å². The Morgan fingerprint density at radius 2 is 1.95 bits per heavy atom. The molecule has 0 saturated carbocycles. The number of nitrogens with one attached hydrogen (secondary N) is 1. The van der Waals surface area contributed by atoms with E-state index in [0.29, 0.717) is 5.56 Å². The summed E-state index contributed by atoms with van der Waals surface area (Å²) in [5, 5.41) is 3.20. The predicted molar refractivity (Wildman–Crippen MR) is 79.8 cm³/mol. The van der Waals surface area contributed by atoms with E-state index < -0.39 is 11.7 Å². The molecular weight excluding hydrogens is 351 g/mol. The molecule has 1 heterocycles. The smallest absolute Gasteiger partial charge is 0.312 e. The van der Waals surface area contributed by atoms with Crippen molar-refractivity contribution >= 4 is 27.3 Å². The molecule has 1 aromatic carbocycles. The van der Waals surface area contributed by atoms with Crippen molar-refractivity contribution in [3.8, 4) is 10.4 Å². The lowest BCUT2D eigenvalue weighted by Crippen LogP contribution is -2.10. The van der Waals surface area contributed by atoms with Crippen molar-refractivity contribution in [3.05, 3.63) is 45.2 Å². The van der Waals surface area contributed by atoms with E-state index in [1.165, 1.54) is 23.5 Å². The SMILES string of the molecule is CCNCc1ccc(-c2ccc(Br)c(C(F)(F)F)c2)s1. The van der Waals surface area contributed by atoms with Gasteiger partial charge in [-0.15, -0.1) is 11.3 Å². The van der Waals surface area contributed by atoms with Crippen molar-refractivity contribution in [2.24, 2.45) is 0 Å². The summed E-state index contributed by atoms with van der Waals surface area (Å²) in [5.41, 5.74) is -0.0510. The molecular formula is C14H13BrF3NS. The minimum absolute atomic E-state index is 0.0678. The van der Waals surface area contributed by atoms with Crippen LogP contribution in [0.2, 0.25) is 0 Å². The van der Waals surface area contributed by atoms with Gasteiger partial charge in [-0.2, -0.15) is 13.2 Å². The van der Waals surface area contributed by atoms with E-state index in [1.807, 2.05) is 19.1 Å². The molecule has 0 aliphatic heterocycles. The summed E-state index contributed by atoms with van der Waals surface area (Å²) in [6.07, 6.45) is -4.35. The number of hydrogen-bond donors (Lipinski definition) is 1. The van der Waals surface area contributed by atoms with Crippen molar-refractivity contribution in [1.82, 2.24) is 5.32 Å². The Morgan fingerprint density at radius 1 is 1.20 bits per heavy atom. The lowest BCUT2D eigenvalue weighted by molar-refractivity contribution is -0.138. The minimum atomic E-state index is -4.35. The normalized spacial score (nSPS) is 11.8. The van der Waals surface area contributed by atoms with Gasteiger partial charge in [-0.25, -0.2) is 0 Å². The fourth-order valence-electron chi connectivity index (χ4n) is 1.77. The molecule has 0 atom stereocenters. The molecule has 0 bridgehead atoms. The standard InChI is InChI=1S/C14H13BrF3NS/c1-2-19-8-10-4-6-13(20-10)9-3-5-12(15)11(7-9)14(16,17)18/h3-7,19H,2,8H2,1H3. The van der Waals surface area contributed by atoms with Crippen LogP contribution in [0.1, 0.15) is 17.4 Å². The zero-order valence-electron chi connectivity index (χ0n) is 10.7. The fraction of sp³-hybridized carbons (Fsp3) is 0.286. The minimum Gasteiger partial charge on any atom is -0.312 e. The molecule has 0 fully saturated rings. The number of hydrogen-bond acceptors (Lipinski definition) is 2. The molecule has 6 heteroatoms. The van der Waals surface area contributed by atoms with Gasteiger partial charge in [0.2, 0.25) is 0 Å². The first-order valence-corrected chi connectivity index (χ1v) is 7.69. The van der Waals surface area contributed by atoms with E-state index in [2.05, 4.69) is 21.2 Å². The first-order chi connectivity index (χ1) is 9.41. The van der Waals surface area contributed by atoms with Gasteiger partial charge < -0.3 is 5.32 Å². The van der Waals surface area contributed by atoms with Crippen LogP contribution in [0.25, 0.3) is 10.4 Å². The van der Waals surface area contributed by atoms with Gasteiger partial charge in [0.1, 0.15) is 0 Å². The third kappa shape index (κ3) is 3.62. The van der Waals surface area contributed by atoms with Crippen LogP contribution in [0.4, 0.5) is 13.2 Å². The number of thiophene rings is 1. The zero-order valence-corrected chi connectivity index (χ0v) is 13.1. The van der Waals surface area contributed by atoms with Crippen LogP contribution in [-0.2, 0) is 12.7 Å². The van der Waals surface area contributed by atoms with Gasteiger partial charge in [0.15, 0.2) is 0 Å². The summed E-state index contributed by atoms with van der Waals surface area (Å²) in [7, 11) is 0. The Kier molecular flexibility index (Phi) is 4.88. The Hall–Kier alpha value is -0.850. The second-order valence-electron chi connectivity index (χ2n) is 4.24. The van der Waals surface area contributed by atoms with Crippen molar-refractivity contribution < 1.29 is 13.2 Å². The van der Waals surface area contributed by atoms with Crippen molar-refractivity contribution in [2.45, 2.75) is 19.6 Å². The van der Waals surface area contributed by atoms with Crippen LogP contribution in [0.5, 0.6) is 0 Å². The molecule has 0 saturated heterocycles. The number of halogens is 4. The zero-order chi connectivity index (χ0) is 14.8. The summed E-state index contributed by atoms with van der Waals surface area (Å²) in [6.45, 7) is 3.62. The lowest BCUT2D eigenvalue weighted by atomic mass is 10.1. The summed E-state index contributed by atoms with van der Waals surface area (Å²) >= 11 is 4.46. The van der Waals surface area contributed by atoms with E-state index in [9.17, 15) is 13.2 Å². The molecule has 1 aromatic heterocycles. The Morgan fingerprint density at radius 3 is 2.60 bits per heavy atom. The summed E-state index contributed by atoms with van der Waals surface area (Å²) < 4.78 is 38.7. The molecule has 1 N–H and O–H groups in total. The third-order valence-corrected chi connectivity index (χ3v) is 4.59. The molecule has 2 rings (SSSR count). The van der Waals surface area contributed by atoms with Gasteiger partial charge in [-0.3, -0.25) is 0 Å². The summed E-state index contributed by atoms with van der Waals surface area (Å²) in [5.74, 6) is 0. The van der Waals surface area contributed by atoms with Crippen LogP contribution < -0.4 is 5.32 Å². The molecule has 0 amide bonds. The summed E-state index contributed by atoms with van der Waals surface area (Å²) in [4.78, 5) is 1.95. The van der Waals surface area contributed by atoms with Crippen LogP contribution in [0, 0.1) is 0 Å². The molecule has 108 valence electrons. The number of alkyl halides is 3. The molecule has 0 aliphatic carbocycles. The highest BCUT2D eigenvalue weighted by Gasteiger charge is 2.33. The van der Waals surface area contributed by atoms with Gasteiger partial charge in [0, 0.05) is 20.8 Å². The van der Waals surface area contributed by atoms with Crippen molar-refractivity contribution in [3.63, 3.8) is 0 Å². The molecule has 0 unspecified atom stereocenters. The van der Waals surface area contributed by atoms with E-state index in [4.69, 9.17) is 0 Å². The highest BCUT2D eigenvalue weighted by atomic mass is 79.9. The van der Waals surface area contributed by atoms with Crippen LogP contribution >= 0.6 is 27.3 Å². The maximum absolute atomic E-state index is 12.9. The highest BCUT2D eigenvalue weighted by Crippen LogP contribution is 2.38. The van der Waals surface area contributed by atoms with E-state index >= 15 is 0 Å². The second kappa shape index (κ2) is 6.28. The van der Waals surface area contributed by atoms with Gasteiger partial charge in [0.05, 0.1) is 5.56 Å². The van der Waals surface area contributed by atoms with E-state index in [-0.39, 0.29) is 4.47 Å². The summed E-state index contributed by atoms with van der Waals surface area (Å²) in [6, 6.07) is 8.13. The monoisotopic (exact) mass is 363 g/mol. The van der Waals surface area contributed by atoms with E-state index in [0.717, 1.165) is 22.8 Å². The van der Waals surface area contributed by atoms with Gasteiger partial charge in [0.25, 0.3) is 0 Å². The average Bonchev–Trinajstić information content (AvgIpc) is 2.84. The Bertz CT molecular complexity index is 592. The average molecular weight is 364 g/mol. The molecule has 1 nitrogen and oxygen atoms in total. The van der Waals surface area contributed by atoms with Crippen molar-refractivity contribution in [1.29, 1.82) is 0 Å². The second-order valence-corrected chi connectivity index (χ2v) is 6.26. The quantitative estimate of drug-likeness (QED) is 0.776. The molecule has 20 heavy (non-hydrogen) atoms. The maximum atomic E-state index is 12.9. The Labute approximate surface area is 128 Å². The number of rotatable bonds is 4. The van der Waals surface area contributed by atoms with Gasteiger partial charge >= 0.3 is 6.18 Å². The van der Waals surface area contributed by atoms with Crippen LogP contribution in [0.15, 0.2) is 34.8 Å². The van der Waals surface area contributed by atoms with E-state index in [1.54, 1.807) is 6.07 Å². The number of benzene rings is 1. The molecule has 2 aromatic rings. The first kappa shape index (κ1) is 15.5. The molecule has 0 aliphatic rings. The van der Waals surface area contributed by atoms with Gasteiger partial charge in [-0.1, -0.05) is 28.9 Å². The predicted octanol–water partition coefficient (Wildman–Crippen LogP) is 5.31. The lowest BCUT2D eigenvalue weighted by Gasteiger charge is -2.10.